The van der Waals surface area contributed by atoms with Crippen molar-refractivity contribution in [2.45, 2.75) is 74.5 Å². The molecule has 0 bridgehead atoms. The van der Waals surface area contributed by atoms with E-state index < -0.39 is 118 Å². The zero-order valence-corrected chi connectivity index (χ0v) is 38.6. The molecule has 0 aromatic heterocycles. The van der Waals surface area contributed by atoms with E-state index in [0.29, 0.717) is 6.42 Å². The zero-order valence-electron chi connectivity index (χ0n) is 29.7. The fraction of sp³-hybridized carbons (Fsp3) is 1.00. The normalized spacial score (nSPS) is 13.9. The summed E-state index contributed by atoms with van der Waals surface area (Å²) in [5.74, 6) is 0. The number of phosphoric acid groups is 1. The van der Waals surface area contributed by atoms with Crippen molar-refractivity contribution in [2.24, 2.45) is 0 Å². The summed E-state index contributed by atoms with van der Waals surface area (Å²) >= 11 is 0. The van der Waals surface area contributed by atoms with Crippen LogP contribution in [-0.2, 0) is 54.5 Å². The lowest BCUT2D eigenvalue weighted by Gasteiger charge is -2.28. The number of aliphatic hydroxyl groups is 4. The fourth-order valence-electron chi connectivity index (χ4n) is 2.46. The van der Waals surface area contributed by atoms with Crippen molar-refractivity contribution in [2.75, 3.05) is 13.5 Å². The molecule has 0 saturated heterocycles. The Balaban J connectivity index is -0.000000146. The SMILES string of the molecule is CCC(O)(P(=O)(O)O)P(=O)(O)O.CCCC(O)(P(=O)(O)O)P(=O)(O)O.CCCCC(O)(P(=O)(O)O)P(=O)(O)O.CO.O=P(O)(O)COP(=O)(O)O.O=[P+](O)O[P+](=O)O. The third-order valence-corrected chi connectivity index (χ3v) is 19.3. The molecule has 0 aliphatic rings. The summed E-state index contributed by atoms with van der Waals surface area (Å²) in [6.45, 7) is 4.17. The molecule has 22 N–H and O–H groups in total. The van der Waals surface area contributed by atoms with Gasteiger partial charge in [-0.05, 0) is 25.7 Å². The summed E-state index contributed by atoms with van der Waals surface area (Å²) in [6.07, 6.45) is -2.64. The van der Waals surface area contributed by atoms with Crippen LogP contribution in [0.25, 0.3) is 0 Å². The molecule has 0 rings (SSSR count). The molecule has 0 aromatic carbocycles. The van der Waals surface area contributed by atoms with Crippen molar-refractivity contribution in [1.29, 1.82) is 0 Å². The van der Waals surface area contributed by atoms with Crippen molar-refractivity contribution < 1.29 is 163 Å². The predicted octanol–water partition coefficient (Wildman–Crippen LogP) is -1.49. The Morgan fingerprint density at radius 2 is 0.724 bits per heavy atom. The smallest absolute Gasteiger partial charge is 0.400 e. The Hall–Kier alpha value is 1.08. The van der Waals surface area contributed by atoms with Crippen molar-refractivity contribution in [3.8, 4) is 0 Å². The summed E-state index contributed by atoms with van der Waals surface area (Å²) in [4.78, 5) is 150. The van der Waals surface area contributed by atoms with Gasteiger partial charge in [0, 0.05) is 16.2 Å². The molecular weight excluding hydrogens is 1020 g/mol. The molecule has 44 heteroatoms. The van der Waals surface area contributed by atoms with Crippen LogP contribution in [0.2, 0.25) is 0 Å². The number of hydrogen-bond acceptors (Lipinski definition) is 16. The monoisotopic (exact) mass is 1070 g/mol. The lowest BCUT2D eigenvalue weighted by Crippen LogP contribution is -2.28. The second-order valence-corrected chi connectivity index (χ2v) is 26.2. The molecule has 0 radical (unpaired) electrons. The molecule has 0 amide bonds. The number of phosphoric ester groups is 1. The minimum Gasteiger partial charge on any atom is -0.400 e. The zero-order chi connectivity index (χ0) is 49.0. The van der Waals surface area contributed by atoms with Gasteiger partial charge in [0.25, 0.3) is 15.2 Å². The van der Waals surface area contributed by atoms with Crippen molar-refractivity contribution >= 4 is 77.5 Å². The molecule has 356 valence electrons. The summed E-state index contributed by atoms with van der Waals surface area (Å²) < 4.78 is 109. The summed E-state index contributed by atoms with van der Waals surface area (Å²) in [5, 5.41) is 24.7. The van der Waals surface area contributed by atoms with Gasteiger partial charge in [0.2, 0.25) is 0 Å². The highest BCUT2D eigenvalue weighted by Gasteiger charge is 2.60. The predicted molar refractivity (Wildman–Crippen MR) is 191 cm³/mol. The first-order valence-corrected chi connectivity index (χ1v) is 29.0. The minimum atomic E-state index is -5.25. The first kappa shape index (κ1) is 70.7. The molecule has 58 heavy (non-hydrogen) atoms. The highest BCUT2D eigenvalue weighted by atomic mass is 31.3. The number of rotatable bonds is 17. The van der Waals surface area contributed by atoms with E-state index in [4.69, 9.17) is 103 Å². The van der Waals surface area contributed by atoms with Crippen LogP contribution in [0.4, 0.5) is 0 Å². The van der Waals surface area contributed by atoms with E-state index in [1.807, 2.05) is 0 Å². The van der Waals surface area contributed by atoms with Gasteiger partial charge in [-0.1, -0.05) is 33.6 Å². The minimum absolute atomic E-state index is 0.0483. The van der Waals surface area contributed by atoms with Crippen LogP contribution in [0.5, 0.6) is 0 Å². The molecule has 0 heterocycles. The Bertz CT molecular complexity index is 1510. The highest BCUT2D eigenvalue weighted by molar-refractivity contribution is 7.73. The van der Waals surface area contributed by atoms with E-state index in [1.54, 1.807) is 6.92 Å². The van der Waals surface area contributed by atoms with Gasteiger partial charge >= 0.3 is 77.5 Å². The fourth-order valence-corrected chi connectivity index (χ4v) is 11.0. The maximum absolute atomic E-state index is 10.8. The lowest BCUT2D eigenvalue weighted by atomic mass is 10.3. The molecule has 2 unspecified atom stereocenters. The van der Waals surface area contributed by atoms with Crippen LogP contribution in [0, 0.1) is 0 Å². The molecule has 0 aliphatic carbocycles. The van der Waals surface area contributed by atoms with Crippen LogP contribution in [0.15, 0.2) is 0 Å². The van der Waals surface area contributed by atoms with Gasteiger partial charge in [-0.3, -0.25) is 36.5 Å². The number of unbranched alkanes of at least 4 members (excludes halogenated alkanes) is 1. The average molecular weight is 1070 g/mol. The Morgan fingerprint density at radius 3 is 0.810 bits per heavy atom. The van der Waals surface area contributed by atoms with Gasteiger partial charge in [-0.25, -0.2) is 4.57 Å². The molecule has 0 aliphatic heterocycles. The molecule has 34 nitrogen and oxygen atoms in total. The van der Waals surface area contributed by atoms with Crippen LogP contribution >= 0.6 is 77.5 Å². The van der Waals surface area contributed by atoms with Crippen molar-refractivity contribution in [3.63, 3.8) is 0 Å². The number of aliphatic hydroxyl groups excluding tert-OH is 1. The molecular formula is C14H48O34P10+2. The van der Waals surface area contributed by atoms with Gasteiger partial charge in [0.15, 0.2) is 10.7 Å². The van der Waals surface area contributed by atoms with Gasteiger partial charge in [0.1, 0.15) is 0 Å². The van der Waals surface area contributed by atoms with E-state index in [0.717, 1.165) is 14.0 Å². The van der Waals surface area contributed by atoms with Gasteiger partial charge < -0.3 is 98.7 Å². The van der Waals surface area contributed by atoms with Gasteiger partial charge in [-0.2, -0.15) is 0 Å². The maximum atomic E-state index is 10.8. The summed E-state index contributed by atoms with van der Waals surface area (Å²) in [5.41, 5.74) is 0. The van der Waals surface area contributed by atoms with Gasteiger partial charge in [-0.15, -0.1) is 9.79 Å². The third-order valence-electron chi connectivity index (χ3n) is 5.26. The summed E-state index contributed by atoms with van der Waals surface area (Å²) in [7, 11) is -45.5. The van der Waals surface area contributed by atoms with Crippen LogP contribution in [-0.4, -0.2) is 137 Å². The molecule has 2 atom stereocenters. The molecule has 0 spiro atoms. The lowest BCUT2D eigenvalue weighted by molar-refractivity contribution is 0.121. The second kappa shape index (κ2) is 28.1. The highest BCUT2D eigenvalue weighted by Crippen LogP contribution is 2.71. The average Bonchev–Trinajstić information content (AvgIpc) is 2.96. The van der Waals surface area contributed by atoms with Crippen molar-refractivity contribution in [3.05, 3.63) is 0 Å². The van der Waals surface area contributed by atoms with E-state index in [2.05, 4.69) is 8.83 Å². The van der Waals surface area contributed by atoms with E-state index in [1.165, 1.54) is 6.92 Å². The maximum Gasteiger partial charge on any atom is 0.745 e. The van der Waals surface area contributed by atoms with Crippen LogP contribution in [0.1, 0.15) is 59.3 Å². The van der Waals surface area contributed by atoms with E-state index >= 15 is 0 Å². The molecule has 0 aromatic rings. The number of hydrogen-bond donors (Lipinski definition) is 22. The first-order chi connectivity index (χ1) is 25.0. The van der Waals surface area contributed by atoms with Crippen molar-refractivity contribution in [1.82, 2.24) is 0 Å². The largest absolute Gasteiger partial charge is 0.745 e. The Kier molecular flexibility index (Phi) is 34.3. The third kappa shape index (κ3) is 29.4. The molecule has 0 fully saturated rings. The van der Waals surface area contributed by atoms with E-state index in [-0.39, 0.29) is 12.8 Å². The van der Waals surface area contributed by atoms with Gasteiger partial charge in [0.05, 0.1) is 0 Å². The Labute approximate surface area is 328 Å². The molecule has 0 saturated carbocycles. The van der Waals surface area contributed by atoms with Crippen LogP contribution in [0.3, 0.4) is 0 Å². The summed E-state index contributed by atoms with van der Waals surface area (Å²) in [6, 6.07) is 0. The first-order valence-electron chi connectivity index (χ1n) is 13.7. The standard InChI is InChI=1S/C5H14O7P2.C4H12O7P2.C3H10O7P2.CH6O7P2.CH4O.O5P2/c1-2-3-4-5(6,13(7,8)9)14(10,11)12;1-2-3-4(5,12(6,7)8)13(9,10)11;1-2-3(4,11(5,6)7)12(8,9)10;2-9(3,4)1-8-10(5,6)7;1-2;1-6(2)5-7(3)4/h6H,2-4H2,1H3,(H2,7,8,9)(H2,10,11,12);5H,2-3H2,1H3,(H2,6,7,8)(H2,9,10,11);4H,2H2,1H3,(H2,5,6,7)(H2,8,9,10);1H2,(H2,2,3,4)(H2,5,6,7);2H,1H3;/p+2. The quantitative estimate of drug-likeness (QED) is 0.0738. The topological polar surface area (TPSA) is 634 Å². The Morgan fingerprint density at radius 1 is 0.466 bits per heavy atom. The second-order valence-electron chi connectivity index (χ2n) is 9.77. The van der Waals surface area contributed by atoms with E-state index in [9.17, 15) is 50.8 Å². The van der Waals surface area contributed by atoms with Crippen LogP contribution < -0.4 is 0 Å².